The van der Waals surface area contributed by atoms with Gasteiger partial charge in [0.05, 0.1) is 18.7 Å². The van der Waals surface area contributed by atoms with Gasteiger partial charge in [-0.05, 0) is 19.1 Å². The maximum Gasteiger partial charge on any atom is 0.327 e. The monoisotopic (exact) mass is 321 g/mol. The Labute approximate surface area is 133 Å². The van der Waals surface area contributed by atoms with Crippen LogP contribution >= 0.6 is 11.8 Å². The zero-order chi connectivity index (χ0) is 15.5. The van der Waals surface area contributed by atoms with Crippen molar-refractivity contribution in [3.8, 4) is 0 Å². The number of esters is 1. The average molecular weight is 321 g/mol. The van der Waals surface area contributed by atoms with Crippen molar-refractivity contribution in [3.63, 3.8) is 0 Å². The maximum absolute atomic E-state index is 11.5. The zero-order valence-electron chi connectivity index (χ0n) is 12.7. The highest BCUT2D eigenvalue weighted by Crippen LogP contribution is 2.30. The largest absolute Gasteiger partial charge is 0.468 e. The van der Waals surface area contributed by atoms with Gasteiger partial charge in [-0.15, -0.1) is 0 Å². The summed E-state index contributed by atoms with van der Waals surface area (Å²) in [5, 5.41) is 5.16. The van der Waals surface area contributed by atoms with Gasteiger partial charge in [-0.25, -0.2) is 14.6 Å². The van der Waals surface area contributed by atoms with E-state index in [4.69, 9.17) is 4.74 Å². The Hall–Kier alpha value is -1.83. The lowest BCUT2D eigenvalue weighted by Crippen LogP contribution is -2.32. The van der Waals surface area contributed by atoms with Crippen LogP contribution in [0.3, 0.4) is 0 Å². The molecular weight excluding hydrogens is 302 g/mol. The van der Waals surface area contributed by atoms with Gasteiger partial charge >= 0.3 is 5.97 Å². The molecule has 1 aliphatic rings. The van der Waals surface area contributed by atoms with E-state index in [1.165, 1.54) is 20.0 Å². The summed E-state index contributed by atoms with van der Waals surface area (Å²) in [6, 6.07) is 0.497. The minimum atomic E-state index is -0.341. The van der Waals surface area contributed by atoms with E-state index in [9.17, 15) is 4.79 Å². The molecule has 7 nitrogen and oxygen atoms in total. The SMILES string of the molecule is COC(=O)Cn1ncc2c(N3CCCC3CSC)ncnc21. The predicted molar refractivity (Wildman–Crippen MR) is 86.1 cm³/mol. The minimum Gasteiger partial charge on any atom is -0.468 e. The molecule has 1 atom stereocenters. The molecule has 0 bridgehead atoms. The Morgan fingerprint density at radius 2 is 2.36 bits per heavy atom. The Morgan fingerprint density at radius 3 is 3.14 bits per heavy atom. The first kappa shape index (κ1) is 15.1. The molecule has 0 saturated carbocycles. The summed E-state index contributed by atoms with van der Waals surface area (Å²) in [5.41, 5.74) is 0.671. The fourth-order valence-electron chi connectivity index (χ4n) is 2.89. The third-order valence-electron chi connectivity index (χ3n) is 3.93. The van der Waals surface area contributed by atoms with E-state index in [1.807, 2.05) is 11.8 Å². The van der Waals surface area contributed by atoms with Crippen LogP contribution in [0.1, 0.15) is 12.8 Å². The summed E-state index contributed by atoms with van der Waals surface area (Å²) in [7, 11) is 1.37. The fraction of sp³-hybridized carbons (Fsp3) is 0.571. The Kier molecular flexibility index (Phi) is 4.47. The smallest absolute Gasteiger partial charge is 0.327 e. The standard InChI is InChI=1S/C14H19N5O2S/c1-21-12(20)7-19-14-11(6-17-19)13(15-9-16-14)18-5-3-4-10(18)8-22-2/h6,9-10H,3-5,7-8H2,1-2H3. The van der Waals surface area contributed by atoms with E-state index in [2.05, 4.69) is 26.2 Å². The summed E-state index contributed by atoms with van der Waals surface area (Å²) in [6.45, 7) is 1.06. The highest BCUT2D eigenvalue weighted by Gasteiger charge is 2.27. The second kappa shape index (κ2) is 6.51. The van der Waals surface area contributed by atoms with Crippen LogP contribution < -0.4 is 4.90 Å². The molecule has 0 amide bonds. The fourth-order valence-corrected chi connectivity index (χ4v) is 3.62. The Balaban J connectivity index is 1.95. The van der Waals surface area contributed by atoms with Crippen molar-refractivity contribution in [1.82, 2.24) is 19.7 Å². The highest BCUT2D eigenvalue weighted by atomic mass is 32.2. The Morgan fingerprint density at radius 1 is 1.50 bits per heavy atom. The number of anilines is 1. The van der Waals surface area contributed by atoms with Crippen LogP contribution in [0.15, 0.2) is 12.5 Å². The number of rotatable bonds is 5. The van der Waals surface area contributed by atoms with Gasteiger partial charge in [0.15, 0.2) is 5.65 Å². The van der Waals surface area contributed by atoms with Crippen LogP contribution in [-0.2, 0) is 16.1 Å². The third kappa shape index (κ3) is 2.75. The van der Waals surface area contributed by atoms with Crippen molar-refractivity contribution in [2.75, 3.05) is 30.6 Å². The molecule has 2 aromatic heterocycles. The minimum absolute atomic E-state index is 0.0602. The van der Waals surface area contributed by atoms with Crippen LogP contribution in [0.2, 0.25) is 0 Å². The highest BCUT2D eigenvalue weighted by molar-refractivity contribution is 7.98. The van der Waals surface area contributed by atoms with E-state index in [0.29, 0.717) is 11.7 Å². The van der Waals surface area contributed by atoms with Gasteiger partial charge in [0.1, 0.15) is 18.7 Å². The van der Waals surface area contributed by atoms with Gasteiger partial charge in [-0.2, -0.15) is 16.9 Å². The number of carbonyl (C=O) groups is 1. The number of thioether (sulfide) groups is 1. The lowest BCUT2D eigenvalue weighted by atomic mass is 10.2. The molecule has 0 spiro atoms. The number of hydrogen-bond acceptors (Lipinski definition) is 7. The maximum atomic E-state index is 11.5. The van der Waals surface area contributed by atoms with Crippen molar-refractivity contribution in [2.24, 2.45) is 0 Å². The van der Waals surface area contributed by atoms with Crippen molar-refractivity contribution < 1.29 is 9.53 Å². The molecule has 1 unspecified atom stereocenters. The molecule has 0 aromatic carbocycles. The number of nitrogens with zero attached hydrogens (tertiary/aromatic N) is 5. The van der Waals surface area contributed by atoms with Crippen LogP contribution in [0, 0.1) is 0 Å². The summed E-state index contributed by atoms with van der Waals surface area (Å²) >= 11 is 1.85. The van der Waals surface area contributed by atoms with Gasteiger partial charge in [0, 0.05) is 18.3 Å². The van der Waals surface area contributed by atoms with Crippen LogP contribution in [0.4, 0.5) is 5.82 Å². The first-order chi connectivity index (χ1) is 10.7. The third-order valence-corrected chi connectivity index (χ3v) is 4.65. The Bertz CT molecular complexity index is 674. The molecule has 118 valence electrons. The second-order valence-electron chi connectivity index (χ2n) is 5.26. The number of hydrogen-bond donors (Lipinski definition) is 0. The summed E-state index contributed by atoms with van der Waals surface area (Å²) < 4.78 is 6.26. The second-order valence-corrected chi connectivity index (χ2v) is 6.17. The lowest BCUT2D eigenvalue weighted by Gasteiger charge is -2.25. The summed E-state index contributed by atoms with van der Waals surface area (Å²) in [4.78, 5) is 22.6. The average Bonchev–Trinajstić information content (AvgIpc) is 3.15. The van der Waals surface area contributed by atoms with E-state index in [-0.39, 0.29) is 12.5 Å². The summed E-state index contributed by atoms with van der Waals surface area (Å²) in [5.74, 6) is 1.66. The number of aromatic nitrogens is 4. The number of ether oxygens (including phenoxy) is 1. The molecule has 1 saturated heterocycles. The van der Waals surface area contributed by atoms with E-state index >= 15 is 0 Å². The molecule has 1 fully saturated rings. The van der Waals surface area contributed by atoms with Crippen LogP contribution in [-0.4, -0.2) is 57.4 Å². The van der Waals surface area contributed by atoms with Crippen LogP contribution in [0.5, 0.6) is 0 Å². The molecule has 1 aliphatic heterocycles. The van der Waals surface area contributed by atoms with Gasteiger partial charge < -0.3 is 9.64 Å². The van der Waals surface area contributed by atoms with Crippen molar-refractivity contribution in [3.05, 3.63) is 12.5 Å². The molecule has 3 heterocycles. The molecule has 0 aliphatic carbocycles. The number of carbonyl (C=O) groups excluding carboxylic acids is 1. The topological polar surface area (TPSA) is 73.1 Å². The number of fused-ring (bicyclic) bond motifs is 1. The van der Waals surface area contributed by atoms with Gasteiger partial charge in [-0.3, -0.25) is 4.79 Å². The quantitative estimate of drug-likeness (QED) is 0.769. The first-order valence-electron chi connectivity index (χ1n) is 7.23. The van der Waals surface area contributed by atoms with E-state index in [1.54, 1.807) is 17.2 Å². The molecule has 2 aromatic rings. The molecular formula is C14H19N5O2S. The van der Waals surface area contributed by atoms with Crippen molar-refractivity contribution in [2.45, 2.75) is 25.4 Å². The molecule has 0 radical (unpaired) electrons. The zero-order valence-corrected chi connectivity index (χ0v) is 13.5. The van der Waals surface area contributed by atoms with Gasteiger partial charge in [0.2, 0.25) is 0 Å². The molecule has 22 heavy (non-hydrogen) atoms. The normalized spacial score (nSPS) is 18.1. The molecule has 0 N–H and O–H groups in total. The van der Waals surface area contributed by atoms with E-state index < -0.39 is 0 Å². The predicted octanol–water partition coefficient (Wildman–Crippen LogP) is 1.33. The van der Waals surface area contributed by atoms with Gasteiger partial charge in [0.25, 0.3) is 0 Å². The summed E-state index contributed by atoms with van der Waals surface area (Å²) in [6.07, 6.45) is 7.76. The van der Waals surface area contributed by atoms with E-state index in [0.717, 1.165) is 23.5 Å². The van der Waals surface area contributed by atoms with Gasteiger partial charge in [-0.1, -0.05) is 0 Å². The first-order valence-corrected chi connectivity index (χ1v) is 8.63. The van der Waals surface area contributed by atoms with Crippen molar-refractivity contribution >= 4 is 34.6 Å². The van der Waals surface area contributed by atoms with Crippen LogP contribution in [0.25, 0.3) is 11.0 Å². The van der Waals surface area contributed by atoms with Crippen molar-refractivity contribution in [1.29, 1.82) is 0 Å². The lowest BCUT2D eigenvalue weighted by molar-refractivity contribution is -0.141. The molecule has 8 heteroatoms. The number of methoxy groups -OCH3 is 1. The molecule has 3 rings (SSSR count).